The Labute approximate surface area is 153 Å². The zero-order valence-electron chi connectivity index (χ0n) is 15.7. The van der Waals surface area contributed by atoms with Crippen molar-refractivity contribution in [3.8, 4) is 0 Å². The van der Waals surface area contributed by atoms with Crippen molar-refractivity contribution >= 4 is 17.7 Å². The molecule has 0 bridgehead atoms. The number of esters is 2. The van der Waals surface area contributed by atoms with Crippen molar-refractivity contribution in [2.75, 3.05) is 6.61 Å². The van der Waals surface area contributed by atoms with E-state index in [1.807, 2.05) is 13.8 Å². The molecule has 3 aliphatic rings. The van der Waals surface area contributed by atoms with Gasteiger partial charge in [0.1, 0.15) is 23.9 Å². The van der Waals surface area contributed by atoms with Crippen LogP contribution < -0.4 is 0 Å². The maximum Gasteiger partial charge on any atom is 0.334 e. The van der Waals surface area contributed by atoms with Gasteiger partial charge in [0, 0.05) is 17.9 Å². The van der Waals surface area contributed by atoms with Crippen LogP contribution in [0.25, 0.3) is 0 Å². The first-order chi connectivity index (χ1) is 12.2. The van der Waals surface area contributed by atoms with Crippen LogP contribution in [0.15, 0.2) is 12.2 Å². The third-order valence-corrected chi connectivity index (χ3v) is 6.98. The predicted octanol–water partition coefficient (Wildman–Crippen LogP) is 2.18. The maximum absolute atomic E-state index is 13.1. The fraction of sp³-hybridized carbons (Fsp3) is 0.750. The second-order valence-electron chi connectivity index (χ2n) is 8.17. The normalized spacial score (nSPS) is 40.5. The molecule has 1 saturated heterocycles. The number of rotatable bonds is 4. The summed E-state index contributed by atoms with van der Waals surface area (Å²) < 4.78 is 11.1. The van der Waals surface area contributed by atoms with Crippen molar-refractivity contribution in [1.29, 1.82) is 0 Å². The molecule has 0 spiro atoms. The molecule has 6 heteroatoms. The van der Waals surface area contributed by atoms with Gasteiger partial charge in [0.2, 0.25) is 0 Å². The van der Waals surface area contributed by atoms with Crippen LogP contribution in [0.4, 0.5) is 0 Å². The van der Waals surface area contributed by atoms with Crippen molar-refractivity contribution in [1.82, 2.24) is 0 Å². The Morgan fingerprint density at radius 3 is 2.77 bits per heavy atom. The Morgan fingerprint density at radius 2 is 2.12 bits per heavy atom. The Balaban J connectivity index is 2.03. The van der Waals surface area contributed by atoms with Gasteiger partial charge >= 0.3 is 11.9 Å². The van der Waals surface area contributed by atoms with Crippen LogP contribution in [0.2, 0.25) is 0 Å². The highest BCUT2D eigenvalue weighted by Crippen LogP contribution is 2.59. The van der Waals surface area contributed by atoms with Crippen molar-refractivity contribution in [2.45, 2.75) is 64.6 Å². The number of carbonyl (C=O) groups excluding carboxylic acids is 3. The number of aliphatic hydroxyl groups is 1. The molecule has 0 aromatic carbocycles. The molecule has 6 atom stereocenters. The van der Waals surface area contributed by atoms with E-state index in [9.17, 15) is 19.5 Å². The van der Waals surface area contributed by atoms with Gasteiger partial charge in [-0.1, -0.05) is 27.4 Å². The van der Waals surface area contributed by atoms with Crippen LogP contribution in [0.1, 0.15) is 52.9 Å². The molecule has 2 saturated carbocycles. The minimum atomic E-state index is -1.41. The Hall–Kier alpha value is -1.69. The average molecular weight is 364 g/mol. The smallest absolute Gasteiger partial charge is 0.334 e. The number of Topliss-reactive ketones (excluding diaryl/α,β-unsaturated/α-hetero) is 1. The van der Waals surface area contributed by atoms with Gasteiger partial charge in [-0.05, 0) is 31.6 Å². The number of hydrogen-bond acceptors (Lipinski definition) is 6. The molecule has 0 radical (unpaired) electrons. The third-order valence-electron chi connectivity index (χ3n) is 6.98. The van der Waals surface area contributed by atoms with Gasteiger partial charge in [-0.15, -0.1) is 0 Å². The average Bonchev–Trinajstić information content (AvgIpc) is 3.02. The summed E-state index contributed by atoms with van der Waals surface area (Å²) >= 11 is 0. The van der Waals surface area contributed by atoms with E-state index in [0.29, 0.717) is 31.3 Å². The lowest BCUT2D eigenvalue weighted by Gasteiger charge is -2.45. The summed E-state index contributed by atoms with van der Waals surface area (Å²) in [5, 5.41) is 11.6. The van der Waals surface area contributed by atoms with Crippen LogP contribution in [-0.2, 0) is 23.9 Å². The van der Waals surface area contributed by atoms with E-state index in [1.165, 1.54) is 0 Å². The van der Waals surface area contributed by atoms with Crippen LogP contribution in [-0.4, -0.2) is 41.1 Å². The predicted molar refractivity (Wildman–Crippen MR) is 92.9 cm³/mol. The van der Waals surface area contributed by atoms with Gasteiger partial charge < -0.3 is 14.6 Å². The summed E-state index contributed by atoms with van der Waals surface area (Å²) in [5.41, 5.74) is -2.42. The van der Waals surface area contributed by atoms with E-state index >= 15 is 0 Å². The highest BCUT2D eigenvalue weighted by Gasteiger charge is 2.71. The van der Waals surface area contributed by atoms with E-state index in [2.05, 4.69) is 6.58 Å². The first-order valence-electron chi connectivity index (χ1n) is 9.51. The second-order valence-corrected chi connectivity index (χ2v) is 8.17. The molecule has 144 valence electrons. The number of ether oxygens (including phenoxy) is 2. The van der Waals surface area contributed by atoms with Crippen molar-refractivity contribution < 1.29 is 29.0 Å². The van der Waals surface area contributed by atoms with E-state index in [0.717, 1.165) is 0 Å². The van der Waals surface area contributed by atoms with Crippen molar-refractivity contribution in [3.05, 3.63) is 12.2 Å². The molecule has 6 unspecified atom stereocenters. The summed E-state index contributed by atoms with van der Waals surface area (Å²) in [6.45, 7) is 9.15. The number of fused-ring (bicyclic) bond motifs is 3. The van der Waals surface area contributed by atoms with E-state index in [1.54, 1.807) is 6.92 Å². The minimum absolute atomic E-state index is 0.173. The summed E-state index contributed by atoms with van der Waals surface area (Å²) in [6.07, 6.45) is 1.56. The lowest BCUT2D eigenvalue weighted by Crippen LogP contribution is -2.61. The first kappa shape index (κ1) is 19.1. The molecule has 0 amide bonds. The zero-order valence-corrected chi connectivity index (χ0v) is 15.7. The zero-order chi connectivity index (χ0) is 19.3. The fourth-order valence-corrected chi connectivity index (χ4v) is 4.91. The third kappa shape index (κ3) is 2.45. The quantitative estimate of drug-likeness (QED) is 0.607. The molecule has 3 rings (SSSR count). The van der Waals surface area contributed by atoms with Gasteiger partial charge in [0.05, 0.1) is 11.5 Å². The molecule has 0 aromatic heterocycles. The fourth-order valence-electron chi connectivity index (χ4n) is 4.91. The second kappa shape index (κ2) is 6.48. The Morgan fingerprint density at radius 1 is 1.42 bits per heavy atom. The highest BCUT2D eigenvalue weighted by atomic mass is 16.6. The topological polar surface area (TPSA) is 89.9 Å². The number of carbonyl (C=O) groups is 3. The molecule has 26 heavy (non-hydrogen) atoms. The molecule has 1 aliphatic heterocycles. The van der Waals surface area contributed by atoms with E-state index in [4.69, 9.17) is 9.47 Å². The van der Waals surface area contributed by atoms with Crippen LogP contribution in [0.5, 0.6) is 0 Å². The van der Waals surface area contributed by atoms with Gasteiger partial charge in [-0.25, -0.2) is 4.79 Å². The van der Waals surface area contributed by atoms with E-state index < -0.39 is 29.1 Å². The molecule has 2 aliphatic carbocycles. The Kier molecular flexibility index (Phi) is 4.76. The van der Waals surface area contributed by atoms with Crippen LogP contribution in [0.3, 0.4) is 0 Å². The Bertz CT molecular complexity index is 655. The van der Waals surface area contributed by atoms with Gasteiger partial charge in [-0.3, -0.25) is 9.59 Å². The molecule has 1 heterocycles. The van der Waals surface area contributed by atoms with Gasteiger partial charge in [0.25, 0.3) is 0 Å². The molecular formula is C20H28O6. The maximum atomic E-state index is 13.1. The van der Waals surface area contributed by atoms with E-state index in [-0.39, 0.29) is 36.6 Å². The molecule has 0 aromatic rings. The lowest BCUT2D eigenvalue weighted by molar-refractivity contribution is -0.192. The standard InChI is InChI=1S/C20H28O6/c1-5-11(2)17(22)25-10-19-15(21)8-9-20(19,24)12(3)6-7-14-13(4)18(23)26-16(14)19/h11-12,14,16,24H,4-10H2,1-3H3. The van der Waals surface area contributed by atoms with Crippen LogP contribution >= 0.6 is 0 Å². The minimum Gasteiger partial charge on any atom is -0.464 e. The van der Waals surface area contributed by atoms with Gasteiger partial charge in [0.15, 0.2) is 0 Å². The summed E-state index contributed by atoms with van der Waals surface area (Å²) in [7, 11) is 0. The van der Waals surface area contributed by atoms with Crippen molar-refractivity contribution in [3.63, 3.8) is 0 Å². The van der Waals surface area contributed by atoms with Gasteiger partial charge in [-0.2, -0.15) is 0 Å². The molecule has 6 nitrogen and oxygen atoms in total. The summed E-state index contributed by atoms with van der Waals surface area (Å²) in [6, 6.07) is 0. The summed E-state index contributed by atoms with van der Waals surface area (Å²) in [4.78, 5) is 37.5. The summed E-state index contributed by atoms with van der Waals surface area (Å²) in [5.74, 6) is -1.92. The highest BCUT2D eigenvalue weighted by molar-refractivity contribution is 5.95. The molecule has 3 fully saturated rings. The van der Waals surface area contributed by atoms with Crippen molar-refractivity contribution in [2.24, 2.45) is 23.2 Å². The molecule has 1 N–H and O–H groups in total. The van der Waals surface area contributed by atoms with Crippen LogP contribution in [0, 0.1) is 23.2 Å². The largest absolute Gasteiger partial charge is 0.464 e. The number of ketones is 1. The molecular weight excluding hydrogens is 336 g/mol. The number of hydrogen-bond donors (Lipinski definition) is 1. The SMILES string of the molecule is C=C1C(=O)OC2C1CCC(C)C1(O)CCC(=O)C21COC(=O)C(C)CC. The monoisotopic (exact) mass is 364 g/mol. The first-order valence-corrected chi connectivity index (χ1v) is 9.51. The lowest BCUT2D eigenvalue weighted by atomic mass is 9.64.